The van der Waals surface area contributed by atoms with Crippen LogP contribution in [0.1, 0.15) is 39.2 Å². The lowest BCUT2D eigenvalue weighted by atomic mass is 10.0. The van der Waals surface area contributed by atoms with Crippen LogP contribution in [0.2, 0.25) is 0 Å². The summed E-state index contributed by atoms with van der Waals surface area (Å²) in [5.41, 5.74) is 1.05. The van der Waals surface area contributed by atoms with Crippen molar-refractivity contribution in [1.29, 1.82) is 0 Å². The van der Waals surface area contributed by atoms with Crippen molar-refractivity contribution in [3.63, 3.8) is 0 Å². The molecule has 5 heteroatoms. The lowest BCUT2D eigenvalue weighted by molar-refractivity contribution is 0.322. The van der Waals surface area contributed by atoms with Gasteiger partial charge in [-0.3, -0.25) is 0 Å². The fraction of sp³-hybridized carbons (Fsp3) is 0.733. The highest BCUT2D eigenvalue weighted by atomic mass is 16.5. The van der Waals surface area contributed by atoms with E-state index < -0.39 is 0 Å². The lowest BCUT2D eigenvalue weighted by Gasteiger charge is -2.41. The third-order valence-electron chi connectivity index (χ3n) is 4.03. The van der Waals surface area contributed by atoms with Crippen molar-refractivity contribution < 1.29 is 4.74 Å². The van der Waals surface area contributed by atoms with E-state index in [1.165, 1.54) is 0 Å². The molecule has 1 aliphatic heterocycles. The average Bonchev–Trinajstić information content (AvgIpc) is 2.49. The van der Waals surface area contributed by atoms with Crippen LogP contribution >= 0.6 is 0 Å². The second kappa shape index (κ2) is 6.88. The lowest BCUT2D eigenvalue weighted by Crippen LogP contribution is -2.56. The highest BCUT2D eigenvalue weighted by molar-refractivity contribution is 5.51. The summed E-state index contributed by atoms with van der Waals surface area (Å²) in [7, 11) is 0. The summed E-state index contributed by atoms with van der Waals surface area (Å²) >= 11 is 0. The molecule has 20 heavy (non-hydrogen) atoms. The molecule has 2 atom stereocenters. The fourth-order valence-corrected chi connectivity index (χ4v) is 2.76. The number of aromatic nitrogens is 2. The van der Waals surface area contributed by atoms with Gasteiger partial charge < -0.3 is 15.0 Å². The predicted molar refractivity (Wildman–Crippen MR) is 81.4 cm³/mol. The molecule has 1 aromatic rings. The quantitative estimate of drug-likeness (QED) is 0.894. The van der Waals surface area contributed by atoms with Gasteiger partial charge in [-0.2, -0.15) is 0 Å². The van der Waals surface area contributed by atoms with Crippen LogP contribution < -0.4 is 15.0 Å². The van der Waals surface area contributed by atoms with Crippen molar-refractivity contribution in [3.05, 3.63) is 11.9 Å². The van der Waals surface area contributed by atoms with Gasteiger partial charge in [0.2, 0.25) is 5.88 Å². The topological polar surface area (TPSA) is 50.3 Å². The summed E-state index contributed by atoms with van der Waals surface area (Å²) in [6.07, 6.45) is 3.86. The maximum atomic E-state index is 5.60. The SMILES string of the molecule is CCOc1ncnc(N2CC(CC)NCC2CC)c1C. The summed E-state index contributed by atoms with van der Waals surface area (Å²) in [6, 6.07) is 1.02. The fourth-order valence-electron chi connectivity index (χ4n) is 2.76. The minimum atomic E-state index is 0.487. The van der Waals surface area contributed by atoms with Crippen LogP contribution in [0.4, 0.5) is 5.82 Å². The number of piperazine rings is 1. The van der Waals surface area contributed by atoms with Crippen molar-refractivity contribution in [2.75, 3.05) is 24.6 Å². The summed E-state index contributed by atoms with van der Waals surface area (Å²) in [5.74, 6) is 1.73. The monoisotopic (exact) mass is 278 g/mol. The Morgan fingerprint density at radius 3 is 2.75 bits per heavy atom. The Morgan fingerprint density at radius 1 is 1.30 bits per heavy atom. The molecule has 1 saturated heterocycles. The normalized spacial score (nSPS) is 22.9. The molecule has 0 bridgehead atoms. The van der Waals surface area contributed by atoms with Crippen LogP contribution in [0.5, 0.6) is 5.88 Å². The Hall–Kier alpha value is -1.36. The second-order valence-corrected chi connectivity index (χ2v) is 5.29. The van der Waals surface area contributed by atoms with Crippen molar-refractivity contribution in [2.24, 2.45) is 0 Å². The summed E-state index contributed by atoms with van der Waals surface area (Å²) in [5, 5.41) is 3.61. The first-order valence-electron chi connectivity index (χ1n) is 7.65. The molecule has 2 unspecified atom stereocenters. The zero-order valence-electron chi connectivity index (χ0n) is 13.0. The predicted octanol–water partition coefficient (Wildman–Crippen LogP) is 2.15. The minimum absolute atomic E-state index is 0.487. The molecule has 0 saturated carbocycles. The van der Waals surface area contributed by atoms with Crippen LogP contribution in [0.3, 0.4) is 0 Å². The Bertz CT molecular complexity index is 438. The highest BCUT2D eigenvalue weighted by Gasteiger charge is 2.28. The van der Waals surface area contributed by atoms with Gasteiger partial charge >= 0.3 is 0 Å². The minimum Gasteiger partial charge on any atom is -0.478 e. The number of hydrogen-bond acceptors (Lipinski definition) is 5. The van der Waals surface area contributed by atoms with Gasteiger partial charge in [-0.15, -0.1) is 0 Å². The Morgan fingerprint density at radius 2 is 2.10 bits per heavy atom. The van der Waals surface area contributed by atoms with E-state index in [-0.39, 0.29) is 0 Å². The smallest absolute Gasteiger partial charge is 0.221 e. The van der Waals surface area contributed by atoms with Crippen LogP contribution in [0, 0.1) is 6.92 Å². The van der Waals surface area contributed by atoms with Gasteiger partial charge in [0, 0.05) is 25.2 Å². The Kier molecular flexibility index (Phi) is 5.17. The number of anilines is 1. The Labute approximate surface area is 121 Å². The number of nitrogens with zero attached hydrogens (tertiary/aromatic N) is 3. The van der Waals surface area contributed by atoms with E-state index in [1.807, 2.05) is 6.92 Å². The van der Waals surface area contributed by atoms with E-state index in [4.69, 9.17) is 4.74 Å². The average molecular weight is 278 g/mol. The number of ether oxygens (including phenoxy) is 1. The van der Waals surface area contributed by atoms with E-state index in [2.05, 4.69) is 41.0 Å². The van der Waals surface area contributed by atoms with Crippen molar-refractivity contribution in [2.45, 2.75) is 52.6 Å². The molecule has 5 nitrogen and oxygen atoms in total. The number of hydrogen-bond donors (Lipinski definition) is 1. The molecule has 0 aromatic carbocycles. The first kappa shape index (κ1) is 15.0. The van der Waals surface area contributed by atoms with Crippen molar-refractivity contribution in [3.8, 4) is 5.88 Å². The molecule has 1 N–H and O–H groups in total. The van der Waals surface area contributed by atoms with Gasteiger partial charge in [-0.1, -0.05) is 13.8 Å². The van der Waals surface area contributed by atoms with Crippen molar-refractivity contribution in [1.82, 2.24) is 15.3 Å². The number of nitrogens with one attached hydrogen (secondary N) is 1. The Balaban J connectivity index is 2.29. The summed E-state index contributed by atoms with van der Waals surface area (Å²) in [4.78, 5) is 11.2. The van der Waals surface area contributed by atoms with E-state index in [0.29, 0.717) is 24.6 Å². The van der Waals surface area contributed by atoms with Gasteiger partial charge in [0.15, 0.2) is 0 Å². The van der Waals surface area contributed by atoms with Crippen LogP contribution in [0.25, 0.3) is 0 Å². The first-order chi connectivity index (χ1) is 9.71. The molecule has 0 radical (unpaired) electrons. The van der Waals surface area contributed by atoms with E-state index >= 15 is 0 Å². The first-order valence-corrected chi connectivity index (χ1v) is 7.65. The third-order valence-corrected chi connectivity index (χ3v) is 4.03. The molecule has 0 amide bonds. The third kappa shape index (κ3) is 3.03. The maximum absolute atomic E-state index is 5.60. The molecular formula is C15H26N4O. The van der Waals surface area contributed by atoms with Gasteiger partial charge in [-0.25, -0.2) is 9.97 Å². The van der Waals surface area contributed by atoms with Crippen LogP contribution in [-0.4, -0.2) is 41.7 Å². The van der Waals surface area contributed by atoms with Crippen LogP contribution in [-0.2, 0) is 0 Å². The van der Waals surface area contributed by atoms with Gasteiger partial charge in [0.25, 0.3) is 0 Å². The van der Waals surface area contributed by atoms with E-state index in [1.54, 1.807) is 6.33 Å². The van der Waals surface area contributed by atoms with E-state index in [0.717, 1.165) is 37.3 Å². The second-order valence-electron chi connectivity index (χ2n) is 5.29. The highest BCUT2D eigenvalue weighted by Crippen LogP contribution is 2.27. The molecule has 112 valence electrons. The van der Waals surface area contributed by atoms with Gasteiger partial charge in [0.1, 0.15) is 12.1 Å². The van der Waals surface area contributed by atoms with Gasteiger partial charge in [0.05, 0.1) is 12.2 Å². The molecular weight excluding hydrogens is 252 g/mol. The summed E-state index contributed by atoms with van der Waals surface area (Å²) < 4.78 is 5.60. The molecule has 0 aliphatic carbocycles. The molecule has 2 heterocycles. The van der Waals surface area contributed by atoms with Crippen LogP contribution in [0.15, 0.2) is 6.33 Å². The molecule has 2 rings (SSSR count). The maximum Gasteiger partial charge on any atom is 0.221 e. The molecule has 1 fully saturated rings. The standard InChI is InChI=1S/C15H26N4O/c1-5-12-9-19(13(6-2)8-16-12)14-11(4)15(20-7-3)18-10-17-14/h10,12-13,16H,5-9H2,1-4H3. The summed E-state index contributed by atoms with van der Waals surface area (Å²) in [6.45, 7) is 11.1. The van der Waals surface area contributed by atoms with Gasteiger partial charge in [-0.05, 0) is 26.7 Å². The molecule has 1 aromatic heterocycles. The van der Waals surface area contributed by atoms with E-state index in [9.17, 15) is 0 Å². The molecule has 0 spiro atoms. The zero-order chi connectivity index (χ0) is 14.5. The number of rotatable bonds is 5. The zero-order valence-corrected chi connectivity index (χ0v) is 13.0. The largest absolute Gasteiger partial charge is 0.478 e. The molecule has 1 aliphatic rings. The van der Waals surface area contributed by atoms with Crippen molar-refractivity contribution >= 4 is 5.82 Å².